The third-order valence-corrected chi connectivity index (χ3v) is 2.72. The Kier molecular flexibility index (Phi) is 3.54. The van der Waals surface area contributed by atoms with Gasteiger partial charge in [0.25, 0.3) is 0 Å². The number of amides is 2. The molecule has 0 bridgehead atoms. The van der Waals surface area contributed by atoms with Gasteiger partial charge < -0.3 is 16.0 Å². The normalized spacial score (nSPS) is 28.8. The summed E-state index contributed by atoms with van der Waals surface area (Å²) >= 11 is 0. The molecule has 1 rings (SSSR count). The van der Waals surface area contributed by atoms with Gasteiger partial charge in [-0.2, -0.15) is 0 Å². The van der Waals surface area contributed by atoms with Crippen LogP contribution in [-0.2, 0) is 0 Å². The van der Waals surface area contributed by atoms with Crippen molar-refractivity contribution < 1.29 is 4.79 Å². The van der Waals surface area contributed by atoms with Gasteiger partial charge in [0.05, 0.1) is 0 Å². The van der Waals surface area contributed by atoms with Crippen molar-refractivity contribution in [1.82, 2.24) is 10.2 Å². The molecule has 4 heteroatoms. The second kappa shape index (κ2) is 4.46. The fourth-order valence-electron chi connectivity index (χ4n) is 2.08. The first kappa shape index (κ1) is 10.3. The lowest BCUT2D eigenvalue weighted by Crippen LogP contribution is -2.52. The van der Waals surface area contributed by atoms with Crippen LogP contribution in [0.2, 0.25) is 0 Å². The lowest BCUT2D eigenvalue weighted by Gasteiger charge is -2.36. The van der Waals surface area contributed by atoms with Crippen molar-refractivity contribution in [3.05, 3.63) is 0 Å². The molecule has 4 nitrogen and oxygen atoms in total. The van der Waals surface area contributed by atoms with E-state index < -0.39 is 6.03 Å². The molecule has 1 saturated carbocycles. The van der Waals surface area contributed by atoms with Gasteiger partial charge in [-0.05, 0) is 26.9 Å². The molecule has 3 N–H and O–H groups in total. The molecule has 0 aromatic carbocycles. The molecule has 0 saturated heterocycles. The highest BCUT2D eigenvalue weighted by Crippen LogP contribution is 2.21. The van der Waals surface area contributed by atoms with Gasteiger partial charge in [0.2, 0.25) is 0 Å². The number of nitrogens with two attached hydrogens (primary N) is 1. The molecule has 13 heavy (non-hydrogen) atoms. The first-order valence-corrected chi connectivity index (χ1v) is 4.83. The average molecular weight is 185 g/mol. The molecule has 76 valence electrons. The summed E-state index contributed by atoms with van der Waals surface area (Å²) in [6.45, 7) is 0. The van der Waals surface area contributed by atoms with Gasteiger partial charge in [0.1, 0.15) is 0 Å². The van der Waals surface area contributed by atoms with Crippen molar-refractivity contribution in [3.63, 3.8) is 0 Å². The van der Waals surface area contributed by atoms with Crippen LogP contribution < -0.4 is 11.1 Å². The molecule has 1 aliphatic carbocycles. The van der Waals surface area contributed by atoms with Gasteiger partial charge >= 0.3 is 6.03 Å². The summed E-state index contributed by atoms with van der Waals surface area (Å²) in [6.07, 6.45) is 4.64. The highest BCUT2D eigenvalue weighted by Gasteiger charge is 2.27. The molecule has 0 aromatic rings. The monoisotopic (exact) mass is 185 g/mol. The number of nitrogens with zero attached hydrogens (tertiary/aromatic N) is 1. The van der Waals surface area contributed by atoms with Gasteiger partial charge in [0, 0.05) is 12.1 Å². The van der Waals surface area contributed by atoms with Crippen LogP contribution in [0.4, 0.5) is 4.79 Å². The maximum Gasteiger partial charge on any atom is 0.312 e. The average Bonchev–Trinajstić information content (AvgIpc) is 2.03. The molecule has 2 atom stereocenters. The van der Waals surface area contributed by atoms with E-state index in [1.807, 2.05) is 14.1 Å². The number of nitrogens with one attached hydrogen (secondary N) is 1. The van der Waals surface area contributed by atoms with Crippen LogP contribution in [0.15, 0.2) is 0 Å². The van der Waals surface area contributed by atoms with Crippen molar-refractivity contribution in [2.24, 2.45) is 5.73 Å². The molecule has 2 unspecified atom stereocenters. The Morgan fingerprint density at radius 3 is 2.54 bits per heavy atom. The fraction of sp³-hybridized carbons (Fsp3) is 0.889. The van der Waals surface area contributed by atoms with E-state index in [0.29, 0.717) is 6.04 Å². The molecule has 0 aromatic heterocycles. The molecule has 1 aliphatic rings. The minimum Gasteiger partial charge on any atom is -0.352 e. The van der Waals surface area contributed by atoms with Gasteiger partial charge in [0.15, 0.2) is 0 Å². The number of rotatable bonds is 2. The van der Waals surface area contributed by atoms with E-state index in [1.165, 1.54) is 12.8 Å². The van der Waals surface area contributed by atoms with Crippen LogP contribution in [0.5, 0.6) is 0 Å². The van der Waals surface area contributed by atoms with Crippen molar-refractivity contribution in [3.8, 4) is 0 Å². The first-order valence-electron chi connectivity index (χ1n) is 4.83. The van der Waals surface area contributed by atoms with E-state index in [2.05, 4.69) is 10.2 Å². The van der Waals surface area contributed by atoms with Gasteiger partial charge in [-0.25, -0.2) is 4.79 Å². The van der Waals surface area contributed by atoms with Gasteiger partial charge in [-0.3, -0.25) is 0 Å². The molecular formula is C9H19N3O. The van der Waals surface area contributed by atoms with Crippen molar-refractivity contribution in [1.29, 1.82) is 0 Å². The summed E-state index contributed by atoms with van der Waals surface area (Å²) in [6, 6.07) is 0.279. The third-order valence-electron chi connectivity index (χ3n) is 2.72. The minimum absolute atomic E-state index is 0.237. The number of hydrogen-bond acceptors (Lipinski definition) is 2. The first-order chi connectivity index (χ1) is 6.11. The number of hydrogen-bond donors (Lipinski definition) is 2. The minimum atomic E-state index is -0.404. The molecule has 0 spiro atoms. The maximum absolute atomic E-state index is 10.7. The Hall–Kier alpha value is -0.770. The second-order valence-electron chi connectivity index (χ2n) is 3.93. The van der Waals surface area contributed by atoms with Crippen LogP contribution in [0, 0.1) is 0 Å². The quantitative estimate of drug-likeness (QED) is 0.659. The van der Waals surface area contributed by atoms with Gasteiger partial charge in [-0.15, -0.1) is 0 Å². The van der Waals surface area contributed by atoms with Crippen molar-refractivity contribution >= 4 is 6.03 Å². The summed E-state index contributed by atoms with van der Waals surface area (Å²) in [7, 11) is 4.09. The summed E-state index contributed by atoms with van der Waals surface area (Å²) in [5.41, 5.74) is 5.12. The Balaban J connectivity index is 2.51. The zero-order chi connectivity index (χ0) is 9.84. The molecule has 0 radical (unpaired) electrons. The van der Waals surface area contributed by atoms with E-state index in [0.717, 1.165) is 12.8 Å². The smallest absolute Gasteiger partial charge is 0.312 e. The van der Waals surface area contributed by atoms with Crippen LogP contribution in [-0.4, -0.2) is 37.1 Å². The molecule has 0 heterocycles. The molecule has 0 aliphatic heterocycles. The molecule has 2 amide bonds. The lowest BCUT2D eigenvalue weighted by molar-refractivity contribution is 0.176. The Labute approximate surface area is 79.5 Å². The van der Waals surface area contributed by atoms with Crippen molar-refractivity contribution in [2.45, 2.75) is 37.8 Å². The largest absolute Gasteiger partial charge is 0.352 e. The second-order valence-corrected chi connectivity index (χ2v) is 3.93. The number of likely N-dealkylation sites (N-methyl/N-ethyl adjacent to an activating group) is 1. The predicted octanol–water partition coefficient (Wildman–Crippen LogP) is 0.528. The van der Waals surface area contributed by atoms with Gasteiger partial charge in [-0.1, -0.05) is 12.8 Å². The van der Waals surface area contributed by atoms with Crippen LogP contribution in [0.1, 0.15) is 25.7 Å². The lowest BCUT2D eigenvalue weighted by atomic mass is 9.90. The number of primary amides is 1. The third kappa shape index (κ3) is 2.88. The van der Waals surface area contributed by atoms with Crippen molar-refractivity contribution in [2.75, 3.05) is 14.1 Å². The summed E-state index contributed by atoms with van der Waals surface area (Å²) in [4.78, 5) is 12.9. The van der Waals surface area contributed by atoms with E-state index in [9.17, 15) is 4.79 Å². The number of urea groups is 1. The molecule has 1 fully saturated rings. The zero-order valence-corrected chi connectivity index (χ0v) is 8.42. The number of carbonyl (C=O) groups excluding carboxylic acids is 1. The van der Waals surface area contributed by atoms with E-state index in [4.69, 9.17) is 5.73 Å². The van der Waals surface area contributed by atoms with Crippen LogP contribution >= 0.6 is 0 Å². The summed E-state index contributed by atoms with van der Waals surface area (Å²) < 4.78 is 0. The van der Waals surface area contributed by atoms with Crippen LogP contribution in [0.25, 0.3) is 0 Å². The topological polar surface area (TPSA) is 58.4 Å². The number of carbonyl (C=O) groups is 1. The Bertz CT molecular complexity index is 182. The molecular weight excluding hydrogens is 166 g/mol. The fourth-order valence-corrected chi connectivity index (χ4v) is 2.08. The summed E-state index contributed by atoms with van der Waals surface area (Å²) in [5.74, 6) is 0. The standard InChI is InChI=1S/C9H19N3O/c1-12(2)8-6-4-3-5-7(8)11-9(10)13/h7-8H,3-6H2,1-2H3,(H3,10,11,13). The van der Waals surface area contributed by atoms with E-state index in [1.54, 1.807) is 0 Å². The SMILES string of the molecule is CN(C)C1CCCCC1NC(N)=O. The predicted molar refractivity (Wildman–Crippen MR) is 52.5 cm³/mol. The van der Waals surface area contributed by atoms with E-state index in [-0.39, 0.29) is 6.04 Å². The van der Waals surface area contributed by atoms with E-state index >= 15 is 0 Å². The Morgan fingerprint density at radius 2 is 2.00 bits per heavy atom. The zero-order valence-electron chi connectivity index (χ0n) is 8.42. The Morgan fingerprint density at radius 1 is 1.38 bits per heavy atom. The highest BCUT2D eigenvalue weighted by atomic mass is 16.2. The van der Waals surface area contributed by atoms with Crippen LogP contribution in [0.3, 0.4) is 0 Å². The summed E-state index contributed by atoms with van der Waals surface area (Å²) in [5, 5.41) is 2.81. The maximum atomic E-state index is 10.7. The highest BCUT2D eigenvalue weighted by molar-refractivity contribution is 5.72.